The summed E-state index contributed by atoms with van der Waals surface area (Å²) >= 11 is 0. The summed E-state index contributed by atoms with van der Waals surface area (Å²) in [6.45, 7) is 6.31. The molecule has 1 aromatic carbocycles. The molecule has 2 rings (SSSR count). The van der Waals surface area contributed by atoms with Crippen LogP contribution in [-0.4, -0.2) is 11.6 Å². The standard InChI is InChI=1S/C15H14N2O/c1-11(2)7-8-18-15-9-12(10-16)13-5-3-4-6-14(13)17-15/h3-6,9H,1,7-8H2,2H3. The number of hydrogen-bond donors (Lipinski definition) is 0. The van der Waals surface area contributed by atoms with Crippen molar-refractivity contribution >= 4 is 10.9 Å². The van der Waals surface area contributed by atoms with Gasteiger partial charge < -0.3 is 4.74 Å². The van der Waals surface area contributed by atoms with Crippen LogP contribution in [0, 0.1) is 11.3 Å². The Labute approximate surface area is 106 Å². The molecular formula is C15H14N2O. The number of nitrogens with zero attached hydrogens (tertiary/aromatic N) is 2. The monoisotopic (exact) mass is 238 g/mol. The van der Waals surface area contributed by atoms with Crippen LogP contribution in [0.25, 0.3) is 10.9 Å². The fourth-order valence-corrected chi connectivity index (χ4v) is 1.65. The average molecular weight is 238 g/mol. The number of benzene rings is 1. The summed E-state index contributed by atoms with van der Waals surface area (Å²) in [5.41, 5.74) is 2.43. The first-order valence-corrected chi connectivity index (χ1v) is 5.78. The van der Waals surface area contributed by atoms with E-state index in [0.717, 1.165) is 22.9 Å². The van der Waals surface area contributed by atoms with Crippen molar-refractivity contribution in [3.05, 3.63) is 48.0 Å². The van der Waals surface area contributed by atoms with E-state index in [9.17, 15) is 0 Å². The summed E-state index contributed by atoms with van der Waals surface area (Å²) in [6.07, 6.45) is 0.788. The molecule has 1 aromatic heterocycles. The number of nitriles is 1. The van der Waals surface area contributed by atoms with Crippen LogP contribution in [0.15, 0.2) is 42.5 Å². The molecule has 0 unspecified atom stereocenters. The zero-order valence-electron chi connectivity index (χ0n) is 10.3. The van der Waals surface area contributed by atoms with Crippen LogP contribution >= 0.6 is 0 Å². The fourth-order valence-electron chi connectivity index (χ4n) is 1.65. The van der Waals surface area contributed by atoms with Crippen molar-refractivity contribution in [3.8, 4) is 11.9 Å². The van der Waals surface area contributed by atoms with Crippen LogP contribution < -0.4 is 4.74 Å². The van der Waals surface area contributed by atoms with E-state index in [4.69, 9.17) is 10.00 Å². The number of hydrogen-bond acceptors (Lipinski definition) is 3. The maximum atomic E-state index is 9.13. The van der Waals surface area contributed by atoms with Gasteiger partial charge in [0.2, 0.25) is 5.88 Å². The van der Waals surface area contributed by atoms with Gasteiger partial charge in [-0.05, 0) is 13.0 Å². The predicted molar refractivity (Wildman–Crippen MR) is 71.4 cm³/mol. The molecule has 0 fully saturated rings. The third kappa shape index (κ3) is 2.67. The third-order valence-corrected chi connectivity index (χ3v) is 2.59. The lowest BCUT2D eigenvalue weighted by Crippen LogP contribution is -2.00. The Morgan fingerprint density at radius 2 is 2.22 bits per heavy atom. The quantitative estimate of drug-likeness (QED) is 0.766. The molecule has 0 saturated heterocycles. The van der Waals surface area contributed by atoms with Crippen LogP contribution in [0.3, 0.4) is 0 Å². The van der Waals surface area contributed by atoms with Gasteiger partial charge in [-0.15, -0.1) is 6.58 Å². The average Bonchev–Trinajstić information content (AvgIpc) is 2.37. The SMILES string of the molecule is C=C(C)CCOc1cc(C#N)c2ccccc2n1. The summed E-state index contributed by atoms with van der Waals surface area (Å²) in [6, 6.07) is 11.4. The van der Waals surface area contributed by atoms with E-state index in [-0.39, 0.29) is 0 Å². The minimum Gasteiger partial charge on any atom is -0.477 e. The zero-order valence-corrected chi connectivity index (χ0v) is 10.3. The molecule has 0 bridgehead atoms. The summed E-state index contributed by atoms with van der Waals surface area (Å²) in [7, 11) is 0. The largest absolute Gasteiger partial charge is 0.477 e. The topological polar surface area (TPSA) is 45.9 Å². The molecule has 3 nitrogen and oxygen atoms in total. The van der Waals surface area contributed by atoms with Gasteiger partial charge in [-0.25, -0.2) is 4.98 Å². The van der Waals surface area contributed by atoms with Crippen molar-refractivity contribution in [3.63, 3.8) is 0 Å². The first-order valence-electron chi connectivity index (χ1n) is 5.78. The highest BCUT2D eigenvalue weighted by Gasteiger charge is 2.05. The molecule has 0 aliphatic heterocycles. The molecule has 2 aromatic rings. The molecular weight excluding hydrogens is 224 g/mol. The Morgan fingerprint density at radius 1 is 1.44 bits per heavy atom. The van der Waals surface area contributed by atoms with E-state index in [2.05, 4.69) is 17.6 Å². The number of ether oxygens (including phenoxy) is 1. The Kier molecular flexibility index (Phi) is 3.59. The molecule has 0 atom stereocenters. The lowest BCUT2D eigenvalue weighted by atomic mass is 10.1. The highest BCUT2D eigenvalue weighted by atomic mass is 16.5. The van der Waals surface area contributed by atoms with Crippen LogP contribution in [0.1, 0.15) is 18.9 Å². The van der Waals surface area contributed by atoms with Crippen molar-refractivity contribution in [2.45, 2.75) is 13.3 Å². The Hall–Kier alpha value is -2.34. The van der Waals surface area contributed by atoms with Crippen molar-refractivity contribution in [2.75, 3.05) is 6.61 Å². The number of para-hydroxylation sites is 1. The fraction of sp³-hybridized carbons (Fsp3) is 0.200. The van der Waals surface area contributed by atoms with Crippen molar-refractivity contribution in [1.29, 1.82) is 5.26 Å². The molecule has 0 aliphatic rings. The smallest absolute Gasteiger partial charge is 0.215 e. The molecule has 1 heterocycles. The molecule has 0 radical (unpaired) electrons. The van der Waals surface area contributed by atoms with E-state index in [1.165, 1.54) is 0 Å². The zero-order chi connectivity index (χ0) is 13.0. The van der Waals surface area contributed by atoms with Gasteiger partial charge in [-0.3, -0.25) is 0 Å². The van der Waals surface area contributed by atoms with Gasteiger partial charge in [0.1, 0.15) is 6.07 Å². The minimum atomic E-state index is 0.492. The molecule has 18 heavy (non-hydrogen) atoms. The maximum Gasteiger partial charge on any atom is 0.215 e. The summed E-state index contributed by atoms with van der Waals surface area (Å²) in [4.78, 5) is 4.38. The first-order chi connectivity index (χ1) is 8.70. The van der Waals surface area contributed by atoms with Crippen molar-refractivity contribution < 1.29 is 4.74 Å². The summed E-state index contributed by atoms with van der Waals surface area (Å²) in [5.74, 6) is 0.492. The van der Waals surface area contributed by atoms with Crippen molar-refractivity contribution in [2.24, 2.45) is 0 Å². The second-order valence-corrected chi connectivity index (χ2v) is 4.19. The molecule has 0 saturated carbocycles. The molecule has 90 valence electrons. The van der Waals surface area contributed by atoms with Crippen LogP contribution in [0.5, 0.6) is 5.88 Å². The van der Waals surface area contributed by atoms with Gasteiger partial charge in [-0.2, -0.15) is 5.26 Å². The highest BCUT2D eigenvalue weighted by molar-refractivity contribution is 5.85. The minimum absolute atomic E-state index is 0.492. The van der Waals surface area contributed by atoms with Crippen LogP contribution in [-0.2, 0) is 0 Å². The first kappa shape index (κ1) is 12.1. The third-order valence-electron chi connectivity index (χ3n) is 2.59. The van der Waals surface area contributed by atoms with Gasteiger partial charge in [0.05, 0.1) is 17.7 Å². The van der Waals surface area contributed by atoms with E-state index < -0.39 is 0 Å². The maximum absolute atomic E-state index is 9.13. The predicted octanol–water partition coefficient (Wildman–Crippen LogP) is 3.45. The van der Waals surface area contributed by atoms with Gasteiger partial charge in [0, 0.05) is 17.9 Å². The lowest BCUT2D eigenvalue weighted by Gasteiger charge is -2.07. The molecule has 0 aliphatic carbocycles. The van der Waals surface area contributed by atoms with Gasteiger partial charge in [-0.1, -0.05) is 23.8 Å². The second-order valence-electron chi connectivity index (χ2n) is 4.19. The number of pyridine rings is 1. The normalized spacial score (nSPS) is 10.0. The van der Waals surface area contributed by atoms with Gasteiger partial charge >= 0.3 is 0 Å². The molecule has 0 spiro atoms. The number of rotatable bonds is 4. The Balaban J connectivity index is 2.30. The Morgan fingerprint density at radius 3 is 2.94 bits per heavy atom. The van der Waals surface area contributed by atoms with Gasteiger partial charge in [0.15, 0.2) is 0 Å². The van der Waals surface area contributed by atoms with Crippen LogP contribution in [0.4, 0.5) is 0 Å². The van der Waals surface area contributed by atoms with E-state index >= 15 is 0 Å². The molecule has 0 amide bonds. The van der Waals surface area contributed by atoms with E-state index in [0.29, 0.717) is 18.1 Å². The summed E-state index contributed by atoms with van der Waals surface area (Å²) < 4.78 is 5.54. The van der Waals surface area contributed by atoms with E-state index in [1.54, 1.807) is 6.07 Å². The number of aromatic nitrogens is 1. The Bertz CT molecular complexity index is 626. The van der Waals surface area contributed by atoms with Gasteiger partial charge in [0.25, 0.3) is 0 Å². The lowest BCUT2D eigenvalue weighted by molar-refractivity contribution is 0.310. The number of fused-ring (bicyclic) bond motifs is 1. The summed E-state index contributed by atoms with van der Waals surface area (Å²) in [5, 5.41) is 9.98. The molecule has 0 N–H and O–H groups in total. The molecule has 3 heteroatoms. The van der Waals surface area contributed by atoms with E-state index in [1.807, 2.05) is 31.2 Å². The van der Waals surface area contributed by atoms with Crippen LogP contribution in [0.2, 0.25) is 0 Å². The van der Waals surface area contributed by atoms with Crippen molar-refractivity contribution in [1.82, 2.24) is 4.98 Å². The second kappa shape index (κ2) is 5.33. The highest BCUT2D eigenvalue weighted by Crippen LogP contribution is 2.21.